The van der Waals surface area contributed by atoms with Crippen LogP contribution in [0.1, 0.15) is 37.7 Å². The van der Waals surface area contributed by atoms with Crippen molar-refractivity contribution in [1.29, 1.82) is 0 Å². The van der Waals surface area contributed by atoms with E-state index in [0.29, 0.717) is 41.4 Å². The highest BCUT2D eigenvalue weighted by atomic mass is 19.1. The van der Waals surface area contributed by atoms with E-state index in [-0.39, 0.29) is 18.1 Å². The fourth-order valence-corrected chi connectivity index (χ4v) is 7.42. The van der Waals surface area contributed by atoms with Crippen molar-refractivity contribution in [3.63, 3.8) is 0 Å². The van der Waals surface area contributed by atoms with E-state index in [1.54, 1.807) is 0 Å². The van der Waals surface area contributed by atoms with Gasteiger partial charge in [0.1, 0.15) is 18.3 Å². The maximum absolute atomic E-state index is 16.6. The summed E-state index contributed by atoms with van der Waals surface area (Å²) in [4.78, 5) is 14.0. The van der Waals surface area contributed by atoms with Crippen LogP contribution in [-0.2, 0) is 4.74 Å². The molecule has 5 saturated heterocycles. The molecule has 0 spiro atoms. The van der Waals surface area contributed by atoms with Gasteiger partial charge < -0.3 is 15.0 Å². The van der Waals surface area contributed by atoms with Gasteiger partial charge in [-0.2, -0.15) is 0 Å². The number of piperazine rings is 1. The Balaban J connectivity index is 1.24. The zero-order valence-corrected chi connectivity index (χ0v) is 22.4. The normalized spacial score (nSPS) is 28.2. The molecule has 5 aliphatic heterocycles. The van der Waals surface area contributed by atoms with Crippen LogP contribution in [0.5, 0.6) is 0 Å². The van der Waals surface area contributed by atoms with Gasteiger partial charge in [-0.3, -0.25) is 9.89 Å². The molecular formula is C32H36FN5O. The second-order valence-electron chi connectivity index (χ2n) is 11.6. The van der Waals surface area contributed by atoms with Gasteiger partial charge in [-0.1, -0.05) is 48.5 Å². The highest BCUT2D eigenvalue weighted by Crippen LogP contribution is 2.39. The van der Waals surface area contributed by atoms with Crippen molar-refractivity contribution < 1.29 is 9.13 Å². The van der Waals surface area contributed by atoms with E-state index < -0.39 is 0 Å². The molecule has 2 aromatic rings. The molecule has 8 rings (SSSR count). The zero-order valence-electron chi connectivity index (χ0n) is 22.4. The Morgan fingerprint density at radius 1 is 1.05 bits per heavy atom. The highest BCUT2D eigenvalue weighted by Gasteiger charge is 2.44. The van der Waals surface area contributed by atoms with Crippen molar-refractivity contribution in [2.24, 2.45) is 9.98 Å². The molecule has 2 unspecified atom stereocenters. The molecule has 1 aliphatic carbocycles. The first-order chi connectivity index (χ1) is 19.1. The van der Waals surface area contributed by atoms with Gasteiger partial charge in [0, 0.05) is 41.9 Å². The van der Waals surface area contributed by atoms with Crippen LogP contribution in [0.3, 0.4) is 0 Å². The number of halogens is 1. The number of benzene rings is 2. The van der Waals surface area contributed by atoms with E-state index in [9.17, 15) is 0 Å². The Bertz CT molecular complexity index is 1390. The first kappa shape index (κ1) is 24.9. The molecule has 0 radical (unpaired) electrons. The molecule has 202 valence electrons. The fraction of sp³-hybridized carbons (Fsp3) is 0.438. The number of nitrogens with one attached hydrogen (secondary N) is 1. The average Bonchev–Trinajstić information content (AvgIpc) is 3.53. The number of allylic oxidation sites excluding steroid dienone is 5. The Kier molecular flexibility index (Phi) is 6.46. The molecule has 5 heterocycles. The SMILES string of the molecule is C=N/C(=C1/C=CC(c2cccc3ccccc23)=C(F)C1=NCOCC12CCCN1CCC2)N1CC2CC(C1)N2. The first-order valence-electron chi connectivity index (χ1n) is 14.3. The van der Waals surface area contributed by atoms with Crippen LogP contribution in [0.25, 0.3) is 16.3 Å². The quantitative estimate of drug-likeness (QED) is 0.404. The summed E-state index contributed by atoms with van der Waals surface area (Å²) in [5.74, 6) is 0.361. The summed E-state index contributed by atoms with van der Waals surface area (Å²) in [5, 5.41) is 5.66. The van der Waals surface area contributed by atoms with Gasteiger partial charge in [0.2, 0.25) is 0 Å². The van der Waals surface area contributed by atoms with Gasteiger partial charge in [0.25, 0.3) is 0 Å². The fourth-order valence-electron chi connectivity index (χ4n) is 7.42. The maximum atomic E-state index is 16.6. The van der Waals surface area contributed by atoms with Crippen LogP contribution in [-0.4, -0.2) is 79.4 Å². The lowest BCUT2D eigenvalue weighted by atomic mass is 9.89. The smallest absolute Gasteiger partial charge is 0.157 e. The summed E-state index contributed by atoms with van der Waals surface area (Å²) in [6.07, 6.45) is 9.81. The third kappa shape index (κ3) is 4.37. The van der Waals surface area contributed by atoms with Gasteiger partial charge >= 0.3 is 0 Å². The van der Waals surface area contributed by atoms with Crippen molar-refractivity contribution in [3.8, 4) is 0 Å². The van der Waals surface area contributed by atoms with Gasteiger partial charge in [0.15, 0.2) is 5.83 Å². The van der Waals surface area contributed by atoms with Crippen LogP contribution in [0.2, 0.25) is 0 Å². The Labute approximate surface area is 229 Å². The second kappa shape index (κ2) is 10.1. The predicted octanol–water partition coefficient (Wildman–Crippen LogP) is 5.09. The molecule has 0 amide bonds. The van der Waals surface area contributed by atoms with Crippen LogP contribution < -0.4 is 5.32 Å². The molecule has 2 bridgehead atoms. The average molecular weight is 526 g/mol. The van der Waals surface area contributed by atoms with Crippen molar-refractivity contribution in [2.45, 2.75) is 49.7 Å². The van der Waals surface area contributed by atoms with E-state index in [0.717, 1.165) is 42.5 Å². The number of aliphatic imine (C=N–C) groups is 2. The van der Waals surface area contributed by atoms with E-state index >= 15 is 4.39 Å². The van der Waals surface area contributed by atoms with Crippen molar-refractivity contribution in [3.05, 3.63) is 77.4 Å². The summed E-state index contributed by atoms with van der Waals surface area (Å²) in [5.41, 5.74) is 2.53. The van der Waals surface area contributed by atoms with Crippen molar-refractivity contribution >= 4 is 28.8 Å². The molecule has 0 saturated carbocycles. The van der Waals surface area contributed by atoms with Crippen LogP contribution in [0.15, 0.2) is 81.8 Å². The number of piperidine rings is 1. The standard InChI is InChI=1S/C32H36FN5O/c1-34-31(37-18-23-17-24(19-37)36-23)28-12-11-27(26-10-4-8-22-7-2-3-9-25(22)26)29(33)30(28)35-21-39-20-32-13-5-15-38(32)16-6-14-32/h2-4,7-12,23-24,36H,1,5-6,13-21H2/b31-28+,35-30?. The molecule has 6 aliphatic rings. The lowest BCUT2D eigenvalue weighted by molar-refractivity contribution is 0.0391. The summed E-state index contributed by atoms with van der Waals surface area (Å²) in [7, 11) is 0. The van der Waals surface area contributed by atoms with Gasteiger partial charge in [-0.25, -0.2) is 9.38 Å². The number of fused-ring (bicyclic) bond motifs is 4. The summed E-state index contributed by atoms with van der Waals surface area (Å²) in [6.45, 7) is 8.63. The Morgan fingerprint density at radius 2 is 1.79 bits per heavy atom. The number of hydrogen-bond acceptors (Lipinski definition) is 6. The molecule has 2 atom stereocenters. The lowest BCUT2D eigenvalue weighted by Gasteiger charge is -2.49. The predicted molar refractivity (Wildman–Crippen MR) is 156 cm³/mol. The lowest BCUT2D eigenvalue weighted by Crippen LogP contribution is -2.66. The Hall–Kier alpha value is -3.13. The van der Waals surface area contributed by atoms with Crippen molar-refractivity contribution in [2.75, 3.05) is 39.5 Å². The van der Waals surface area contributed by atoms with E-state index in [1.807, 2.05) is 42.5 Å². The third-order valence-corrected chi connectivity index (χ3v) is 9.30. The van der Waals surface area contributed by atoms with E-state index in [2.05, 4.69) is 39.0 Å². The van der Waals surface area contributed by atoms with Gasteiger partial charge in [0.05, 0.1) is 6.61 Å². The summed E-state index contributed by atoms with van der Waals surface area (Å²) < 4.78 is 22.8. The van der Waals surface area contributed by atoms with Crippen molar-refractivity contribution in [1.82, 2.24) is 15.1 Å². The minimum Gasteiger partial charge on any atom is -0.357 e. The number of hydrogen-bond donors (Lipinski definition) is 1. The largest absolute Gasteiger partial charge is 0.357 e. The molecule has 6 nitrogen and oxygen atoms in total. The third-order valence-electron chi connectivity index (χ3n) is 9.30. The van der Waals surface area contributed by atoms with Gasteiger partial charge in [-0.15, -0.1) is 0 Å². The van der Waals surface area contributed by atoms with Crippen LogP contribution in [0.4, 0.5) is 4.39 Å². The summed E-state index contributed by atoms with van der Waals surface area (Å²) >= 11 is 0. The summed E-state index contributed by atoms with van der Waals surface area (Å²) in [6, 6.07) is 15.0. The molecular weight excluding hydrogens is 489 g/mol. The molecule has 5 fully saturated rings. The number of nitrogens with zero attached hydrogens (tertiary/aromatic N) is 4. The van der Waals surface area contributed by atoms with Crippen LogP contribution >= 0.6 is 0 Å². The number of ether oxygens (including phenoxy) is 1. The topological polar surface area (TPSA) is 52.5 Å². The molecule has 7 heteroatoms. The molecule has 0 aromatic heterocycles. The number of rotatable bonds is 7. The van der Waals surface area contributed by atoms with Crippen LogP contribution in [0, 0.1) is 0 Å². The van der Waals surface area contributed by atoms with E-state index in [4.69, 9.17) is 9.73 Å². The highest BCUT2D eigenvalue weighted by molar-refractivity contribution is 6.20. The second-order valence-corrected chi connectivity index (χ2v) is 11.6. The minimum absolute atomic E-state index is 0.121. The maximum Gasteiger partial charge on any atom is 0.157 e. The van der Waals surface area contributed by atoms with Gasteiger partial charge in [-0.05, 0) is 74.3 Å². The molecule has 39 heavy (non-hydrogen) atoms. The zero-order chi connectivity index (χ0) is 26.4. The molecule has 1 N–H and O–H groups in total. The minimum atomic E-state index is -0.338. The monoisotopic (exact) mass is 525 g/mol. The Morgan fingerprint density at radius 3 is 2.56 bits per heavy atom. The molecule has 2 aromatic carbocycles. The first-order valence-corrected chi connectivity index (χ1v) is 14.3. The van der Waals surface area contributed by atoms with E-state index in [1.165, 1.54) is 32.1 Å².